The average molecular weight is 568 g/mol. The Morgan fingerprint density at radius 2 is 1.86 bits per heavy atom. The second-order valence-electron chi connectivity index (χ2n) is 7.71. The summed E-state index contributed by atoms with van der Waals surface area (Å²) >= 11 is 15.7. The van der Waals surface area contributed by atoms with Crippen molar-refractivity contribution in [1.82, 2.24) is 5.43 Å². The van der Waals surface area contributed by atoms with E-state index in [4.69, 9.17) is 32.4 Å². The van der Waals surface area contributed by atoms with Gasteiger partial charge in [0.2, 0.25) is 0 Å². The Morgan fingerprint density at radius 1 is 1.00 bits per heavy atom. The molecule has 0 radical (unpaired) electrons. The van der Waals surface area contributed by atoms with E-state index in [-0.39, 0.29) is 12.4 Å². The number of nitrogens with one attached hydrogen (secondary N) is 1. The van der Waals surface area contributed by atoms with Gasteiger partial charge in [-0.25, -0.2) is 5.43 Å². The van der Waals surface area contributed by atoms with Crippen molar-refractivity contribution < 1.29 is 13.9 Å². The van der Waals surface area contributed by atoms with Crippen LogP contribution in [-0.4, -0.2) is 12.1 Å². The van der Waals surface area contributed by atoms with Gasteiger partial charge in [-0.15, -0.1) is 0 Å². The fourth-order valence-electron chi connectivity index (χ4n) is 3.67. The minimum absolute atomic E-state index is 0.169. The molecule has 1 heterocycles. The van der Waals surface area contributed by atoms with E-state index in [1.54, 1.807) is 30.5 Å². The van der Waals surface area contributed by atoms with Crippen LogP contribution < -0.4 is 10.2 Å². The molecule has 0 saturated carbocycles. The number of furan rings is 1. The molecular formula is C27H17BrCl2N2O3. The van der Waals surface area contributed by atoms with Gasteiger partial charge in [-0.2, -0.15) is 5.10 Å². The van der Waals surface area contributed by atoms with E-state index in [2.05, 4.69) is 26.5 Å². The molecule has 0 spiro atoms. The Morgan fingerprint density at radius 3 is 2.71 bits per heavy atom. The maximum Gasteiger partial charge on any atom is 0.307 e. The van der Waals surface area contributed by atoms with Gasteiger partial charge < -0.3 is 9.15 Å². The number of fused-ring (bicyclic) bond motifs is 2. The van der Waals surface area contributed by atoms with E-state index in [1.807, 2.05) is 54.6 Å². The summed E-state index contributed by atoms with van der Waals surface area (Å²) in [5.41, 5.74) is 4.68. The van der Waals surface area contributed by atoms with Crippen LogP contribution in [0.4, 0.5) is 0 Å². The molecular weight excluding hydrogens is 551 g/mol. The third-order valence-corrected chi connectivity index (χ3v) is 6.47. The SMILES string of the molecule is O=C(N/N=C/c1c(OCc2ccc(Cl)cc2Cl)ccc2ccccc12)c1cc2cc(Br)ccc2o1. The molecule has 0 aliphatic carbocycles. The molecule has 5 aromatic rings. The van der Waals surface area contributed by atoms with E-state index in [0.717, 1.165) is 31.8 Å². The predicted octanol–water partition coefficient (Wildman–Crippen LogP) is 8.00. The number of amides is 1. The van der Waals surface area contributed by atoms with Crippen molar-refractivity contribution in [3.05, 3.63) is 110 Å². The third kappa shape index (κ3) is 5.20. The van der Waals surface area contributed by atoms with E-state index in [0.29, 0.717) is 21.4 Å². The lowest BCUT2D eigenvalue weighted by Gasteiger charge is -2.13. The molecule has 4 aromatic carbocycles. The lowest BCUT2D eigenvalue weighted by Crippen LogP contribution is -2.16. The van der Waals surface area contributed by atoms with Crippen LogP contribution in [0.25, 0.3) is 21.7 Å². The molecule has 5 nitrogen and oxygen atoms in total. The van der Waals surface area contributed by atoms with Crippen LogP contribution in [0.2, 0.25) is 10.0 Å². The minimum atomic E-state index is -0.454. The van der Waals surface area contributed by atoms with Crippen LogP contribution in [0.15, 0.2) is 92.9 Å². The largest absolute Gasteiger partial charge is 0.488 e. The highest BCUT2D eigenvalue weighted by molar-refractivity contribution is 9.10. The molecule has 1 N–H and O–H groups in total. The number of carbonyl (C=O) groups excluding carboxylic acids is 1. The lowest BCUT2D eigenvalue weighted by molar-refractivity contribution is 0.0929. The van der Waals surface area contributed by atoms with Crippen LogP contribution in [-0.2, 0) is 6.61 Å². The van der Waals surface area contributed by atoms with Gasteiger partial charge >= 0.3 is 5.91 Å². The topological polar surface area (TPSA) is 63.8 Å². The molecule has 1 aromatic heterocycles. The number of halogens is 3. The molecule has 0 aliphatic heterocycles. The third-order valence-electron chi connectivity index (χ3n) is 5.39. The van der Waals surface area contributed by atoms with Gasteiger partial charge in [0.15, 0.2) is 5.76 Å². The normalized spacial score (nSPS) is 11.4. The first-order valence-corrected chi connectivity index (χ1v) is 12.1. The van der Waals surface area contributed by atoms with Crippen molar-refractivity contribution in [2.24, 2.45) is 5.10 Å². The number of nitrogens with zero attached hydrogens (tertiary/aromatic N) is 1. The molecule has 0 fully saturated rings. The van der Waals surface area contributed by atoms with Gasteiger partial charge in [0, 0.05) is 31.0 Å². The first-order valence-electron chi connectivity index (χ1n) is 10.6. The highest BCUT2D eigenvalue weighted by Crippen LogP contribution is 2.29. The fraction of sp³-hybridized carbons (Fsp3) is 0.0370. The number of hydrogen-bond acceptors (Lipinski definition) is 4. The van der Waals surface area contributed by atoms with E-state index < -0.39 is 5.91 Å². The Bertz CT molecular complexity index is 1600. The lowest BCUT2D eigenvalue weighted by atomic mass is 10.0. The monoisotopic (exact) mass is 566 g/mol. The number of hydrazone groups is 1. The molecule has 1 amide bonds. The van der Waals surface area contributed by atoms with Crippen molar-refractivity contribution in [3.63, 3.8) is 0 Å². The van der Waals surface area contributed by atoms with Gasteiger partial charge in [0.25, 0.3) is 0 Å². The Labute approximate surface area is 219 Å². The minimum Gasteiger partial charge on any atom is -0.488 e. The Balaban J connectivity index is 1.40. The highest BCUT2D eigenvalue weighted by Gasteiger charge is 2.13. The predicted molar refractivity (Wildman–Crippen MR) is 144 cm³/mol. The van der Waals surface area contributed by atoms with Gasteiger partial charge in [-0.1, -0.05) is 75.5 Å². The molecule has 5 rings (SSSR count). The summed E-state index contributed by atoms with van der Waals surface area (Å²) < 4.78 is 12.6. The molecule has 0 unspecified atom stereocenters. The maximum absolute atomic E-state index is 12.6. The zero-order valence-corrected chi connectivity index (χ0v) is 21.2. The summed E-state index contributed by atoms with van der Waals surface area (Å²) in [4.78, 5) is 12.6. The standard InChI is InChI=1S/C27H17BrCl2N2O3/c28-19-7-10-24-18(11-19)12-26(35-24)27(33)32-31-14-22-21-4-2-1-3-16(21)6-9-25(22)34-15-17-5-8-20(29)13-23(17)30/h1-14H,15H2,(H,32,33)/b31-14+. The van der Waals surface area contributed by atoms with Gasteiger partial charge in [0.1, 0.15) is 17.9 Å². The van der Waals surface area contributed by atoms with Gasteiger partial charge in [0.05, 0.1) is 6.21 Å². The van der Waals surface area contributed by atoms with Crippen LogP contribution in [0.5, 0.6) is 5.75 Å². The fourth-order valence-corrected chi connectivity index (χ4v) is 4.51. The first-order chi connectivity index (χ1) is 17.0. The second kappa shape index (κ2) is 10.1. The Kier molecular flexibility index (Phi) is 6.77. The molecule has 0 saturated heterocycles. The van der Waals surface area contributed by atoms with E-state index in [9.17, 15) is 4.79 Å². The van der Waals surface area contributed by atoms with E-state index in [1.165, 1.54) is 0 Å². The van der Waals surface area contributed by atoms with Crippen molar-refractivity contribution in [1.29, 1.82) is 0 Å². The smallest absolute Gasteiger partial charge is 0.307 e. The number of hydrogen-bond donors (Lipinski definition) is 1. The quantitative estimate of drug-likeness (QED) is 0.167. The van der Waals surface area contributed by atoms with Crippen molar-refractivity contribution in [2.75, 3.05) is 0 Å². The maximum atomic E-state index is 12.6. The van der Waals surface area contributed by atoms with Crippen LogP contribution in [0.3, 0.4) is 0 Å². The first kappa shape index (κ1) is 23.4. The second-order valence-corrected chi connectivity index (χ2v) is 9.47. The van der Waals surface area contributed by atoms with Gasteiger partial charge in [-0.3, -0.25) is 4.79 Å². The Hall–Kier alpha value is -3.32. The number of rotatable bonds is 6. The van der Waals surface area contributed by atoms with Crippen LogP contribution in [0, 0.1) is 0 Å². The zero-order chi connectivity index (χ0) is 24.4. The molecule has 0 atom stereocenters. The number of ether oxygens (including phenoxy) is 1. The summed E-state index contributed by atoms with van der Waals surface area (Å²) in [5.74, 6) is 0.313. The summed E-state index contributed by atoms with van der Waals surface area (Å²) in [6.45, 7) is 0.246. The van der Waals surface area contributed by atoms with E-state index >= 15 is 0 Å². The molecule has 0 aliphatic rings. The summed E-state index contributed by atoms with van der Waals surface area (Å²) in [5, 5.41) is 8.03. The zero-order valence-electron chi connectivity index (χ0n) is 18.1. The summed E-state index contributed by atoms with van der Waals surface area (Å²) in [6, 6.07) is 24.2. The van der Waals surface area contributed by atoms with Crippen LogP contribution >= 0.6 is 39.1 Å². The molecule has 8 heteroatoms. The summed E-state index contributed by atoms with van der Waals surface area (Å²) in [6.07, 6.45) is 1.57. The number of carbonyl (C=O) groups is 1. The van der Waals surface area contributed by atoms with Crippen molar-refractivity contribution >= 4 is 73.0 Å². The van der Waals surface area contributed by atoms with Crippen molar-refractivity contribution in [2.45, 2.75) is 6.61 Å². The van der Waals surface area contributed by atoms with Crippen LogP contribution in [0.1, 0.15) is 21.7 Å². The summed E-state index contributed by atoms with van der Waals surface area (Å²) in [7, 11) is 0. The number of benzene rings is 4. The molecule has 174 valence electrons. The average Bonchev–Trinajstić information content (AvgIpc) is 3.27. The van der Waals surface area contributed by atoms with Gasteiger partial charge in [-0.05, 0) is 53.2 Å². The molecule has 35 heavy (non-hydrogen) atoms. The van der Waals surface area contributed by atoms with Crippen molar-refractivity contribution in [3.8, 4) is 5.75 Å². The highest BCUT2D eigenvalue weighted by atomic mass is 79.9. The molecule has 0 bridgehead atoms.